The third kappa shape index (κ3) is 3.34. The van der Waals surface area contributed by atoms with Gasteiger partial charge < -0.3 is 5.11 Å². The lowest BCUT2D eigenvalue weighted by Crippen LogP contribution is -1.96. The molecule has 0 aliphatic carbocycles. The van der Waals surface area contributed by atoms with Crippen molar-refractivity contribution in [3.8, 4) is 0 Å². The molecule has 76 valence electrons. The predicted molar refractivity (Wildman–Crippen MR) is 67.6 cm³/mol. The number of carboxylic acid groups (broad SMARTS) is 1. The van der Waals surface area contributed by atoms with Gasteiger partial charge in [0.15, 0.2) is 0 Å². The number of thiol groups is 1. The molecule has 0 fully saturated rings. The second-order valence-corrected chi connectivity index (χ2v) is 6.01. The molecule has 1 aromatic carbocycles. The summed E-state index contributed by atoms with van der Waals surface area (Å²) in [6.45, 7) is 0. The van der Waals surface area contributed by atoms with Gasteiger partial charge >= 0.3 is 5.97 Å². The van der Waals surface area contributed by atoms with Crippen LogP contribution in [0.25, 0.3) is 0 Å². The van der Waals surface area contributed by atoms with Crippen molar-refractivity contribution in [3.63, 3.8) is 0 Å². The topological polar surface area (TPSA) is 37.3 Å². The van der Waals surface area contributed by atoms with Crippen LogP contribution in [0.2, 0.25) is 0 Å². The summed E-state index contributed by atoms with van der Waals surface area (Å²) in [4.78, 5) is 12.6. The maximum atomic E-state index is 10.8. The molecule has 2 nitrogen and oxygen atoms in total. The Morgan fingerprint density at radius 1 is 1.36 bits per heavy atom. The zero-order valence-corrected chi connectivity index (χ0v) is 10.6. The molecule has 6 heteroatoms. The molecule has 0 radical (unpaired) electrons. The SMILES string of the molecule is CSSc1cc(SS)cc(C(=O)O)c1. The van der Waals surface area contributed by atoms with Crippen LogP contribution in [0.5, 0.6) is 0 Å². The van der Waals surface area contributed by atoms with Gasteiger partial charge in [-0.05, 0) is 24.5 Å². The highest BCUT2D eigenvalue weighted by molar-refractivity contribution is 8.76. The molecule has 0 saturated heterocycles. The summed E-state index contributed by atoms with van der Waals surface area (Å²) in [6.07, 6.45) is 1.95. The standard InChI is InChI=1S/C8H8O2S4/c1-12-14-7-3-5(8(9)10)2-6(4-7)13-11/h2-4,11H,1H3,(H,9,10). The lowest BCUT2D eigenvalue weighted by Gasteiger charge is -2.03. The second kappa shape index (κ2) is 5.85. The van der Waals surface area contributed by atoms with Crippen LogP contribution < -0.4 is 0 Å². The molecule has 0 amide bonds. The van der Waals surface area contributed by atoms with Crippen molar-refractivity contribution in [1.29, 1.82) is 0 Å². The van der Waals surface area contributed by atoms with E-state index >= 15 is 0 Å². The fraction of sp³-hybridized carbons (Fsp3) is 0.125. The quantitative estimate of drug-likeness (QED) is 0.641. The normalized spacial score (nSPS) is 10.1. The molecule has 0 atom stereocenters. The first-order chi connectivity index (χ1) is 6.67. The number of hydrogen-bond acceptors (Lipinski definition) is 5. The highest BCUT2D eigenvalue weighted by Crippen LogP contribution is 2.33. The minimum absolute atomic E-state index is 0.306. The van der Waals surface area contributed by atoms with Gasteiger partial charge in [0.1, 0.15) is 0 Å². The number of hydrogen-bond donors (Lipinski definition) is 2. The van der Waals surface area contributed by atoms with E-state index < -0.39 is 5.97 Å². The van der Waals surface area contributed by atoms with Gasteiger partial charge in [-0.2, -0.15) is 0 Å². The van der Waals surface area contributed by atoms with E-state index in [-0.39, 0.29) is 0 Å². The number of carboxylic acids is 1. The van der Waals surface area contributed by atoms with E-state index in [1.54, 1.807) is 33.7 Å². The first-order valence-corrected chi connectivity index (χ1v) is 8.00. The Bertz CT molecular complexity index is 340. The first kappa shape index (κ1) is 12.2. The Kier molecular flexibility index (Phi) is 5.08. The van der Waals surface area contributed by atoms with Crippen LogP contribution in [-0.2, 0) is 0 Å². The van der Waals surface area contributed by atoms with Gasteiger partial charge in [0.2, 0.25) is 0 Å². The molecule has 0 unspecified atom stereocenters. The highest BCUT2D eigenvalue weighted by atomic mass is 33.1. The lowest BCUT2D eigenvalue weighted by atomic mass is 10.2. The van der Waals surface area contributed by atoms with Crippen molar-refractivity contribution in [1.82, 2.24) is 0 Å². The van der Waals surface area contributed by atoms with Crippen molar-refractivity contribution in [2.24, 2.45) is 0 Å². The Balaban J connectivity index is 3.06. The Labute approximate surface area is 99.4 Å². The summed E-state index contributed by atoms with van der Waals surface area (Å²) in [7, 11) is 4.38. The van der Waals surface area contributed by atoms with E-state index in [0.717, 1.165) is 9.79 Å². The van der Waals surface area contributed by atoms with Gasteiger partial charge in [-0.25, -0.2) is 4.79 Å². The van der Waals surface area contributed by atoms with Crippen LogP contribution in [0.15, 0.2) is 28.0 Å². The van der Waals surface area contributed by atoms with Crippen LogP contribution in [-0.4, -0.2) is 17.3 Å². The summed E-state index contributed by atoms with van der Waals surface area (Å²) in [5, 5.41) is 8.85. The molecule has 0 spiro atoms. The van der Waals surface area contributed by atoms with Crippen LogP contribution >= 0.6 is 44.0 Å². The van der Waals surface area contributed by atoms with Crippen LogP contribution in [0.3, 0.4) is 0 Å². The van der Waals surface area contributed by atoms with Gasteiger partial charge in [-0.3, -0.25) is 0 Å². The molecular weight excluding hydrogens is 256 g/mol. The lowest BCUT2D eigenvalue weighted by molar-refractivity contribution is 0.0696. The van der Waals surface area contributed by atoms with Crippen molar-refractivity contribution in [2.45, 2.75) is 9.79 Å². The number of carbonyl (C=O) groups is 1. The molecule has 1 rings (SSSR count). The summed E-state index contributed by atoms with van der Waals surface area (Å²) in [5.41, 5.74) is 0.306. The van der Waals surface area contributed by atoms with E-state index in [4.69, 9.17) is 5.11 Å². The van der Waals surface area contributed by atoms with E-state index in [1.165, 1.54) is 10.8 Å². The fourth-order valence-electron chi connectivity index (χ4n) is 0.892. The Morgan fingerprint density at radius 2 is 2.00 bits per heavy atom. The van der Waals surface area contributed by atoms with Crippen LogP contribution in [0, 0.1) is 0 Å². The average Bonchev–Trinajstić information content (AvgIpc) is 2.17. The van der Waals surface area contributed by atoms with Gasteiger partial charge in [0, 0.05) is 9.79 Å². The van der Waals surface area contributed by atoms with Gasteiger partial charge in [-0.15, -0.1) is 11.7 Å². The minimum Gasteiger partial charge on any atom is -0.478 e. The molecule has 0 bridgehead atoms. The molecule has 14 heavy (non-hydrogen) atoms. The van der Waals surface area contributed by atoms with E-state index in [1.807, 2.05) is 12.3 Å². The van der Waals surface area contributed by atoms with Gasteiger partial charge in [0.25, 0.3) is 0 Å². The van der Waals surface area contributed by atoms with Crippen LogP contribution in [0.1, 0.15) is 10.4 Å². The molecule has 1 N–H and O–H groups in total. The number of benzene rings is 1. The zero-order chi connectivity index (χ0) is 10.6. The highest BCUT2D eigenvalue weighted by Gasteiger charge is 2.06. The summed E-state index contributed by atoms with van der Waals surface area (Å²) < 4.78 is 0. The molecule has 0 aromatic heterocycles. The smallest absolute Gasteiger partial charge is 0.335 e. The fourth-order valence-corrected chi connectivity index (χ4v) is 3.05. The average molecular weight is 264 g/mol. The molecule has 0 saturated carbocycles. The van der Waals surface area contributed by atoms with Gasteiger partial charge in [0.05, 0.1) is 5.56 Å². The Hall–Kier alpha value is 0.0900. The van der Waals surface area contributed by atoms with Crippen molar-refractivity contribution < 1.29 is 9.90 Å². The van der Waals surface area contributed by atoms with Crippen LogP contribution in [0.4, 0.5) is 0 Å². The van der Waals surface area contributed by atoms with Crippen molar-refractivity contribution in [2.75, 3.05) is 6.26 Å². The Morgan fingerprint density at radius 3 is 2.50 bits per heavy atom. The van der Waals surface area contributed by atoms with E-state index in [0.29, 0.717) is 5.56 Å². The molecule has 1 aromatic rings. The zero-order valence-electron chi connectivity index (χ0n) is 7.26. The minimum atomic E-state index is -0.905. The van der Waals surface area contributed by atoms with Crippen molar-refractivity contribution in [3.05, 3.63) is 23.8 Å². The first-order valence-electron chi connectivity index (χ1n) is 3.58. The monoisotopic (exact) mass is 264 g/mol. The molecular formula is C8H8O2S4. The third-order valence-corrected chi connectivity index (χ3v) is 4.16. The molecule has 0 aliphatic heterocycles. The van der Waals surface area contributed by atoms with E-state index in [9.17, 15) is 4.79 Å². The molecule has 0 aliphatic rings. The maximum Gasteiger partial charge on any atom is 0.335 e. The predicted octanol–water partition coefficient (Wildman–Crippen LogP) is 3.69. The molecule has 0 heterocycles. The largest absolute Gasteiger partial charge is 0.478 e. The number of aromatic carboxylic acids is 1. The maximum absolute atomic E-state index is 10.8. The second-order valence-electron chi connectivity index (χ2n) is 2.34. The van der Waals surface area contributed by atoms with E-state index in [2.05, 4.69) is 11.7 Å². The van der Waals surface area contributed by atoms with Crippen molar-refractivity contribution >= 4 is 50.0 Å². The summed E-state index contributed by atoms with van der Waals surface area (Å²) >= 11 is 4.05. The summed E-state index contributed by atoms with van der Waals surface area (Å²) in [6, 6.07) is 5.20. The number of rotatable bonds is 4. The van der Waals surface area contributed by atoms with Gasteiger partial charge in [-0.1, -0.05) is 32.4 Å². The summed E-state index contributed by atoms with van der Waals surface area (Å²) in [5.74, 6) is -0.905. The third-order valence-electron chi connectivity index (χ3n) is 1.41.